The van der Waals surface area contributed by atoms with Gasteiger partial charge in [0.25, 0.3) is 11.8 Å². The summed E-state index contributed by atoms with van der Waals surface area (Å²) in [6, 6.07) is 3.69. The van der Waals surface area contributed by atoms with Crippen LogP contribution in [-0.4, -0.2) is 53.4 Å². The second-order valence-electron chi connectivity index (χ2n) is 6.14. The molecule has 8 heteroatoms. The van der Waals surface area contributed by atoms with Gasteiger partial charge in [-0.05, 0) is 25.1 Å². The number of imide groups is 2. The summed E-state index contributed by atoms with van der Waals surface area (Å²) < 4.78 is 0. The van der Waals surface area contributed by atoms with E-state index >= 15 is 0 Å². The van der Waals surface area contributed by atoms with Gasteiger partial charge in [-0.25, -0.2) is 0 Å². The smallest absolute Gasteiger partial charge is 0.262 e. The quantitative estimate of drug-likeness (QED) is 0.782. The molecule has 8 nitrogen and oxygen atoms in total. The Hall–Kier alpha value is -3.03. The highest BCUT2D eigenvalue weighted by Crippen LogP contribution is 2.29. The number of hydrogen-bond acceptors (Lipinski definition) is 6. The van der Waals surface area contributed by atoms with Gasteiger partial charge in [0.1, 0.15) is 6.04 Å². The monoisotopic (exact) mass is 343 g/mol. The van der Waals surface area contributed by atoms with Crippen molar-refractivity contribution < 1.29 is 24.0 Å². The van der Waals surface area contributed by atoms with E-state index in [1.165, 1.54) is 19.9 Å². The highest BCUT2D eigenvalue weighted by Gasteiger charge is 2.41. The van der Waals surface area contributed by atoms with Crippen molar-refractivity contribution in [2.24, 2.45) is 0 Å². The van der Waals surface area contributed by atoms with Gasteiger partial charge < -0.3 is 4.90 Å². The van der Waals surface area contributed by atoms with Gasteiger partial charge in [0.2, 0.25) is 11.8 Å². The van der Waals surface area contributed by atoms with Gasteiger partial charge in [-0.15, -0.1) is 0 Å². The zero-order valence-electron chi connectivity index (χ0n) is 13.9. The molecule has 1 atom stereocenters. The first-order valence-corrected chi connectivity index (χ1v) is 7.89. The van der Waals surface area contributed by atoms with E-state index < -0.39 is 29.7 Å². The number of carbonyl (C=O) groups excluding carboxylic acids is 5. The molecule has 1 aromatic carbocycles. The molecule has 25 heavy (non-hydrogen) atoms. The summed E-state index contributed by atoms with van der Waals surface area (Å²) in [4.78, 5) is 62.2. The summed E-state index contributed by atoms with van der Waals surface area (Å²) in [5, 5.41) is 2.08. The molecule has 1 unspecified atom stereocenters. The largest absolute Gasteiger partial charge is 0.364 e. The van der Waals surface area contributed by atoms with E-state index in [2.05, 4.69) is 5.32 Å². The van der Waals surface area contributed by atoms with E-state index in [-0.39, 0.29) is 23.5 Å². The minimum atomic E-state index is -1.10. The molecule has 1 fully saturated rings. The van der Waals surface area contributed by atoms with Crippen molar-refractivity contribution in [1.82, 2.24) is 10.2 Å². The summed E-state index contributed by atoms with van der Waals surface area (Å²) in [5.41, 5.74) is 1.10. The Bertz CT molecular complexity index is 817. The van der Waals surface area contributed by atoms with Crippen LogP contribution in [-0.2, 0) is 14.4 Å². The molecule has 1 N–H and O–H groups in total. The van der Waals surface area contributed by atoms with Crippen LogP contribution >= 0.6 is 0 Å². The number of nitrogens with one attached hydrogen (secondary N) is 1. The van der Waals surface area contributed by atoms with Gasteiger partial charge in [0.05, 0.1) is 17.7 Å². The second-order valence-corrected chi connectivity index (χ2v) is 6.14. The zero-order valence-corrected chi connectivity index (χ0v) is 13.9. The average molecular weight is 343 g/mol. The van der Waals surface area contributed by atoms with E-state index in [4.69, 9.17) is 0 Å². The Morgan fingerprint density at radius 2 is 1.80 bits per heavy atom. The first-order valence-electron chi connectivity index (χ1n) is 7.89. The molecule has 0 radical (unpaired) electrons. The standard InChI is InChI=1S/C17H17N3O5/c1-9(15(23)18-10(2)21)20-16(24)13-4-3-11(7-14(13)17(20)25)19-6-5-12(22)8-19/h3-4,7,9H,5-6,8H2,1-2H3,(H,18,21,23). The molecular formula is C17H17N3O5. The molecule has 0 spiro atoms. The third-order valence-corrected chi connectivity index (χ3v) is 4.36. The molecule has 3 rings (SSSR count). The predicted octanol–water partition coefficient (Wildman–Crippen LogP) is 0.113. The second kappa shape index (κ2) is 6.12. The van der Waals surface area contributed by atoms with Gasteiger partial charge in [0.15, 0.2) is 5.78 Å². The molecule has 1 saturated heterocycles. The lowest BCUT2D eigenvalue weighted by atomic mass is 10.1. The van der Waals surface area contributed by atoms with Crippen LogP contribution in [0.4, 0.5) is 5.69 Å². The predicted molar refractivity (Wildman–Crippen MR) is 87.1 cm³/mol. The summed E-state index contributed by atoms with van der Waals surface area (Å²) in [7, 11) is 0. The minimum Gasteiger partial charge on any atom is -0.364 e. The molecule has 2 heterocycles. The van der Waals surface area contributed by atoms with Crippen molar-refractivity contribution >= 4 is 35.1 Å². The van der Waals surface area contributed by atoms with E-state index in [0.717, 1.165) is 4.90 Å². The number of carbonyl (C=O) groups is 5. The van der Waals surface area contributed by atoms with Gasteiger partial charge >= 0.3 is 0 Å². The number of hydrogen-bond donors (Lipinski definition) is 1. The first kappa shape index (κ1) is 16.8. The van der Waals surface area contributed by atoms with Crippen molar-refractivity contribution in [3.63, 3.8) is 0 Å². The maximum Gasteiger partial charge on any atom is 0.262 e. The van der Waals surface area contributed by atoms with Crippen molar-refractivity contribution in [2.45, 2.75) is 26.3 Å². The molecular weight excluding hydrogens is 326 g/mol. The number of benzene rings is 1. The Kier molecular flexibility index (Phi) is 4.12. The summed E-state index contributed by atoms with van der Waals surface area (Å²) in [5.74, 6) is -2.31. The van der Waals surface area contributed by atoms with Crippen molar-refractivity contribution in [2.75, 3.05) is 18.0 Å². The van der Waals surface area contributed by atoms with Crippen molar-refractivity contribution in [3.8, 4) is 0 Å². The van der Waals surface area contributed by atoms with Crippen LogP contribution in [0.3, 0.4) is 0 Å². The fraction of sp³-hybridized carbons (Fsp3) is 0.353. The van der Waals surface area contributed by atoms with Crippen LogP contribution in [0.5, 0.6) is 0 Å². The number of amides is 4. The fourth-order valence-corrected chi connectivity index (χ4v) is 3.04. The van der Waals surface area contributed by atoms with Crippen LogP contribution in [0.25, 0.3) is 0 Å². The highest BCUT2D eigenvalue weighted by atomic mass is 16.2. The Labute approximate surface area is 143 Å². The van der Waals surface area contributed by atoms with Crippen LogP contribution in [0.1, 0.15) is 41.0 Å². The number of nitrogens with zero attached hydrogens (tertiary/aromatic N) is 2. The van der Waals surface area contributed by atoms with Gasteiger partial charge in [0, 0.05) is 25.6 Å². The van der Waals surface area contributed by atoms with E-state index in [1.807, 2.05) is 4.90 Å². The molecule has 2 aliphatic heterocycles. The summed E-state index contributed by atoms with van der Waals surface area (Å²) >= 11 is 0. The molecule has 2 aliphatic rings. The summed E-state index contributed by atoms with van der Waals surface area (Å²) in [6.45, 7) is 3.42. The van der Waals surface area contributed by atoms with E-state index in [9.17, 15) is 24.0 Å². The molecule has 0 aliphatic carbocycles. The van der Waals surface area contributed by atoms with E-state index in [0.29, 0.717) is 18.7 Å². The van der Waals surface area contributed by atoms with Crippen LogP contribution in [0, 0.1) is 0 Å². The maximum atomic E-state index is 12.6. The van der Waals surface area contributed by atoms with Gasteiger partial charge in [-0.1, -0.05) is 0 Å². The third kappa shape index (κ3) is 2.90. The number of ketones is 1. The number of Topliss-reactive ketones (excluding diaryl/α,β-unsaturated/α-hetero) is 1. The van der Waals surface area contributed by atoms with Crippen LogP contribution in [0.2, 0.25) is 0 Å². The fourth-order valence-electron chi connectivity index (χ4n) is 3.04. The molecule has 4 amide bonds. The SMILES string of the molecule is CC(=O)NC(=O)C(C)N1C(=O)c2ccc(N3CCC(=O)C3)cc2C1=O. The van der Waals surface area contributed by atoms with Crippen LogP contribution in [0.15, 0.2) is 18.2 Å². The van der Waals surface area contributed by atoms with Crippen molar-refractivity contribution in [3.05, 3.63) is 29.3 Å². The Balaban J connectivity index is 1.87. The molecule has 1 aromatic rings. The zero-order chi connectivity index (χ0) is 18.3. The lowest BCUT2D eigenvalue weighted by molar-refractivity contribution is -0.131. The normalized spacial score (nSPS) is 17.8. The summed E-state index contributed by atoms with van der Waals surface area (Å²) in [6.07, 6.45) is 0.457. The highest BCUT2D eigenvalue weighted by molar-refractivity contribution is 6.23. The van der Waals surface area contributed by atoms with Crippen molar-refractivity contribution in [1.29, 1.82) is 0 Å². The Morgan fingerprint density at radius 3 is 2.40 bits per heavy atom. The Morgan fingerprint density at radius 1 is 1.12 bits per heavy atom. The van der Waals surface area contributed by atoms with Gasteiger partial charge in [-0.2, -0.15) is 0 Å². The number of anilines is 1. The topological polar surface area (TPSA) is 104 Å². The number of fused-ring (bicyclic) bond motifs is 1. The number of rotatable bonds is 3. The molecule has 0 bridgehead atoms. The molecule has 130 valence electrons. The molecule has 0 aromatic heterocycles. The first-order chi connectivity index (χ1) is 11.8. The average Bonchev–Trinajstić information content (AvgIpc) is 3.09. The van der Waals surface area contributed by atoms with Crippen LogP contribution < -0.4 is 10.2 Å². The molecule has 0 saturated carbocycles. The maximum absolute atomic E-state index is 12.6. The lowest BCUT2D eigenvalue weighted by Crippen LogP contribution is -2.48. The lowest BCUT2D eigenvalue weighted by Gasteiger charge is -2.20. The minimum absolute atomic E-state index is 0.124. The third-order valence-electron chi connectivity index (χ3n) is 4.36. The van der Waals surface area contributed by atoms with E-state index in [1.54, 1.807) is 12.1 Å². The van der Waals surface area contributed by atoms with Gasteiger partial charge in [-0.3, -0.25) is 34.2 Å².